The van der Waals surface area contributed by atoms with Crippen molar-refractivity contribution in [2.45, 2.75) is 33.2 Å². The molecule has 1 amide bonds. The quantitative estimate of drug-likeness (QED) is 0.473. The summed E-state index contributed by atoms with van der Waals surface area (Å²) < 4.78 is 1.63. The zero-order valence-electron chi connectivity index (χ0n) is 18.1. The molecule has 3 aromatic carbocycles. The van der Waals surface area contributed by atoms with Crippen LogP contribution in [0.25, 0.3) is 16.5 Å². The van der Waals surface area contributed by atoms with E-state index in [4.69, 9.17) is 0 Å². The molecule has 0 aliphatic carbocycles. The summed E-state index contributed by atoms with van der Waals surface area (Å²) in [6.07, 6.45) is 0.768. The molecule has 0 fully saturated rings. The third kappa shape index (κ3) is 3.89. The van der Waals surface area contributed by atoms with E-state index in [0.717, 1.165) is 23.2 Å². The van der Waals surface area contributed by atoms with Gasteiger partial charge in [0.15, 0.2) is 0 Å². The Morgan fingerprint density at radius 1 is 0.903 bits per heavy atom. The first kappa shape index (κ1) is 20.6. The zero-order valence-corrected chi connectivity index (χ0v) is 18.1. The van der Waals surface area contributed by atoms with Gasteiger partial charge in [0.1, 0.15) is 0 Å². The van der Waals surface area contributed by atoms with Crippen LogP contribution in [0.2, 0.25) is 0 Å². The van der Waals surface area contributed by atoms with Crippen LogP contribution in [-0.4, -0.2) is 10.5 Å². The molecule has 0 spiro atoms. The molecule has 1 N–H and O–H groups in total. The van der Waals surface area contributed by atoms with Gasteiger partial charge in [0, 0.05) is 22.2 Å². The maximum absolute atomic E-state index is 13.6. The first-order chi connectivity index (χ1) is 15.0. The first-order valence-electron chi connectivity index (χ1n) is 10.6. The van der Waals surface area contributed by atoms with Gasteiger partial charge in [0.25, 0.3) is 11.5 Å². The number of hydrogen-bond donors (Lipinski definition) is 1. The number of hydrogen-bond acceptors (Lipinski definition) is 2. The van der Waals surface area contributed by atoms with E-state index in [-0.39, 0.29) is 17.5 Å². The number of nitrogens with one attached hydrogen (secondary N) is 1. The molecule has 0 bridgehead atoms. The lowest BCUT2D eigenvalue weighted by molar-refractivity contribution is 0.0936. The van der Waals surface area contributed by atoms with Crippen molar-refractivity contribution < 1.29 is 4.79 Å². The second kappa shape index (κ2) is 8.60. The third-order valence-corrected chi connectivity index (χ3v) is 5.73. The minimum absolute atomic E-state index is 0.106. The minimum Gasteiger partial charge on any atom is -0.345 e. The molecule has 4 nitrogen and oxygen atoms in total. The second-order valence-corrected chi connectivity index (χ2v) is 7.83. The number of benzene rings is 3. The van der Waals surface area contributed by atoms with Gasteiger partial charge in [0.05, 0.1) is 11.6 Å². The van der Waals surface area contributed by atoms with Gasteiger partial charge in [-0.25, -0.2) is 0 Å². The highest BCUT2D eigenvalue weighted by atomic mass is 16.2. The molecule has 0 aliphatic heterocycles. The van der Waals surface area contributed by atoms with Crippen molar-refractivity contribution in [3.05, 3.63) is 112 Å². The van der Waals surface area contributed by atoms with Gasteiger partial charge in [-0.05, 0) is 44.0 Å². The Hall–Kier alpha value is -3.66. The number of pyridine rings is 1. The number of nitrogens with zero attached hydrogens (tertiary/aromatic N) is 1. The molecule has 31 heavy (non-hydrogen) atoms. The van der Waals surface area contributed by atoms with Crippen LogP contribution in [0.5, 0.6) is 0 Å². The molecule has 1 heterocycles. The highest BCUT2D eigenvalue weighted by Gasteiger charge is 2.22. The lowest BCUT2D eigenvalue weighted by Crippen LogP contribution is -2.32. The number of amides is 1. The van der Waals surface area contributed by atoms with Crippen LogP contribution >= 0.6 is 0 Å². The first-order valence-corrected chi connectivity index (χ1v) is 10.6. The number of para-hydroxylation sites is 1. The summed E-state index contributed by atoms with van der Waals surface area (Å²) >= 11 is 0. The van der Waals surface area contributed by atoms with Crippen molar-refractivity contribution in [3.8, 4) is 5.69 Å². The average Bonchev–Trinajstić information content (AvgIpc) is 2.78. The predicted octanol–water partition coefficient (Wildman–Crippen LogP) is 5.49. The van der Waals surface area contributed by atoms with E-state index < -0.39 is 0 Å². The lowest BCUT2D eigenvalue weighted by atomic mass is 9.99. The molecule has 0 saturated carbocycles. The van der Waals surface area contributed by atoms with Crippen LogP contribution < -0.4 is 10.9 Å². The van der Waals surface area contributed by atoms with Crippen molar-refractivity contribution in [1.29, 1.82) is 0 Å². The molecule has 0 unspecified atom stereocenters. The Morgan fingerprint density at radius 2 is 1.55 bits per heavy atom. The van der Waals surface area contributed by atoms with Gasteiger partial charge in [-0.3, -0.25) is 14.2 Å². The van der Waals surface area contributed by atoms with Gasteiger partial charge >= 0.3 is 0 Å². The highest BCUT2D eigenvalue weighted by Crippen LogP contribution is 2.25. The summed E-state index contributed by atoms with van der Waals surface area (Å²) in [5.41, 5.74) is 3.87. The predicted molar refractivity (Wildman–Crippen MR) is 126 cm³/mol. The van der Waals surface area contributed by atoms with Crippen LogP contribution in [0.15, 0.2) is 83.7 Å². The third-order valence-electron chi connectivity index (χ3n) is 5.73. The molecule has 0 saturated heterocycles. The lowest BCUT2D eigenvalue weighted by Gasteiger charge is -2.21. The maximum Gasteiger partial charge on any atom is 0.263 e. The topological polar surface area (TPSA) is 51.1 Å². The van der Waals surface area contributed by atoms with Crippen molar-refractivity contribution in [2.75, 3.05) is 0 Å². The van der Waals surface area contributed by atoms with Crippen molar-refractivity contribution in [2.24, 2.45) is 0 Å². The van der Waals surface area contributed by atoms with E-state index in [2.05, 4.69) is 12.2 Å². The molecule has 4 rings (SSSR count). The summed E-state index contributed by atoms with van der Waals surface area (Å²) in [7, 11) is 0. The monoisotopic (exact) mass is 410 g/mol. The molecule has 4 heteroatoms. The molecule has 4 aromatic rings. The summed E-state index contributed by atoms with van der Waals surface area (Å²) in [4.78, 5) is 27.0. The van der Waals surface area contributed by atoms with E-state index in [9.17, 15) is 9.59 Å². The number of aryl methyl sites for hydroxylation is 1. The summed E-state index contributed by atoms with van der Waals surface area (Å²) in [5.74, 6) is -0.173. The van der Waals surface area contributed by atoms with Crippen LogP contribution in [0.3, 0.4) is 0 Å². The largest absolute Gasteiger partial charge is 0.345 e. The van der Waals surface area contributed by atoms with E-state index in [1.165, 1.54) is 0 Å². The zero-order chi connectivity index (χ0) is 22.0. The Labute approximate surface area is 182 Å². The molecular weight excluding hydrogens is 384 g/mol. The number of rotatable bonds is 5. The SMILES string of the molecule is CC[C@H](NC(=O)c1c(C)n(-c2ccccc2)c(=O)c2ccc(C)cc12)c1ccccc1. The molecular formula is C27H26N2O2. The highest BCUT2D eigenvalue weighted by molar-refractivity contribution is 6.08. The van der Waals surface area contributed by atoms with Gasteiger partial charge in [-0.1, -0.05) is 73.2 Å². The minimum atomic E-state index is -0.173. The molecule has 0 aliphatic rings. The van der Waals surface area contributed by atoms with Crippen molar-refractivity contribution in [3.63, 3.8) is 0 Å². The fraction of sp³-hybridized carbons (Fsp3) is 0.185. The van der Waals surface area contributed by atoms with Gasteiger partial charge in [-0.15, -0.1) is 0 Å². The number of aromatic nitrogens is 1. The molecule has 1 atom stereocenters. The van der Waals surface area contributed by atoms with Crippen LogP contribution in [0, 0.1) is 13.8 Å². The molecule has 1 aromatic heterocycles. The normalized spacial score (nSPS) is 12.0. The van der Waals surface area contributed by atoms with E-state index >= 15 is 0 Å². The van der Waals surface area contributed by atoms with Crippen LogP contribution in [0.4, 0.5) is 0 Å². The Balaban J connectivity index is 1.91. The Morgan fingerprint density at radius 3 is 2.19 bits per heavy atom. The Kier molecular flexibility index (Phi) is 5.72. The maximum atomic E-state index is 13.6. The number of carbonyl (C=O) groups is 1. The van der Waals surface area contributed by atoms with E-state index in [0.29, 0.717) is 22.0 Å². The average molecular weight is 411 g/mol. The number of fused-ring (bicyclic) bond motifs is 1. The smallest absolute Gasteiger partial charge is 0.263 e. The fourth-order valence-electron chi connectivity index (χ4n) is 4.14. The summed E-state index contributed by atoms with van der Waals surface area (Å²) in [6, 6.07) is 25.0. The summed E-state index contributed by atoms with van der Waals surface area (Å²) in [5, 5.41) is 4.43. The van der Waals surface area contributed by atoms with Gasteiger partial charge in [-0.2, -0.15) is 0 Å². The van der Waals surface area contributed by atoms with Gasteiger partial charge in [0.2, 0.25) is 0 Å². The summed E-state index contributed by atoms with van der Waals surface area (Å²) in [6.45, 7) is 5.87. The second-order valence-electron chi connectivity index (χ2n) is 7.83. The van der Waals surface area contributed by atoms with E-state index in [1.54, 1.807) is 4.57 Å². The molecule has 156 valence electrons. The van der Waals surface area contributed by atoms with Crippen LogP contribution in [-0.2, 0) is 0 Å². The van der Waals surface area contributed by atoms with E-state index in [1.807, 2.05) is 92.7 Å². The van der Waals surface area contributed by atoms with Gasteiger partial charge < -0.3 is 5.32 Å². The fourth-order valence-corrected chi connectivity index (χ4v) is 4.14. The number of carbonyl (C=O) groups excluding carboxylic acids is 1. The molecule has 0 radical (unpaired) electrons. The van der Waals surface area contributed by atoms with Crippen molar-refractivity contribution in [1.82, 2.24) is 9.88 Å². The van der Waals surface area contributed by atoms with Crippen LogP contribution in [0.1, 0.15) is 46.6 Å². The Bertz CT molecular complexity index is 1290. The standard InChI is InChI=1S/C27H26N2O2/c1-4-24(20-11-7-5-8-12-20)28-26(30)25-19(3)29(21-13-9-6-10-14-21)27(31)22-16-15-18(2)17-23(22)25/h5-17,24H,4H2,1-3H3,(H,28,30)/t24-/m0/s1. The van der Waals surface area contributed by atoms with Crippen molar-refractivity contribution >= 4 is 16.7 Å².